The zero-order valence-corrected chi connectivity index (χ0v) is 14.9. The molecule has 6 nitrogen and oxygen atoms in total. The van der Waals surface area contributed by atoms with Gasteiger partial charge in [-0.2, -0.15) is 0 Å². The van der Waals surface area contributed by atoms with Gasteiger partial charge in [0.15, 0.2) is 11.6 Å². The molecule has 2 aromatic heterocycles. The number of carbonyl (C=O) groups excluding carboxylic acids is 1. The molecule has 0 aliphatic carbocycles. The van der Waals surface area contributed by atoms with Gasteiger partial charge < -0.3 is 14.5 Å². The first-order valence-corrected chi connectivity index (χ1v) is 8.46. The Bertz CT molecular complexity index is 1070. The highest BCUT2D eigenvalue weighted by Gasteiger charge is 2.37. The number of aromatic nitrogens is 2. The standard InChI is InChI=1S/C19H17F2N3O3/c1-9(2)27-18(25)16-10(3)22-19-23-13-7-11(20)12(21)8-14(13)24(19)17(16)15-5-4-6-26-15/h4-9,17H,1-3H3,(H,22,23). The smallest absolute Gasteiger partial charge is 0.338 e. The number of halogens is 2. The summed E-state index contributed by atoms with van der Waals surface area (Å²) in [6, 6.07) is 4.76. The van der Waals surface area contributed by atoms with Gasteiger partial charge in [-0.25, -0.2) is 18.6 Å². The lowest BCUT2D eigenvalue weighted by Crippen LogP contribution is -2.29. The van der Waals surface area contributed by atoms with E-state index in [0.29, 0.717) is 28.5 Å². The van der Waals surface area contributed by atoms with Crippen molar-refractivity contribution >= 4 is 23.0 Å². The van der Waals surface area contributed by atoms with E-state index in [1.54, 1.807) is 37.5 Å². The Morgan fingerprint density at radius 1 is 1.33 bits per heavy atom. The lowest BCUT2D eigenvalue weighted by molar-refractivity contribution is -0.143. The Labute approximate surface area is 153 Å². The van der Waals surface area contributed by atoms with E-state index in [1.165, 1.54) is 6.26 Å². The fourth-order valence-corrected chi connectivity index (χ4v) is 3.27. The summed E-state index contributed by atoms with van der Waals surface area (Å²) in [5.41, 5.74) is 1.44. The van der Waals surface area contributed by atoms with Gasteiger partial charge in [0, 0.05) is 17.8 Å². The van der Waals surface area contributed by atoms with Crippen LogP contribution in [0, 0.1) is 11.6 Å². The van der Waals surface area contributed by atoms with Gasteiger partial charge >= 0.3 is 5.97 Å². The van der Waals surface area contributed by atoms with E-state index in [4.69, 9.17) is 9.15 Å². The maximum absolute atomic E-state index is 13.9. The number of nitrogens with zero attached hydrogens (tertiary/aromatic N) is 2. The summed E-state index contributed by atoms with van der Waals surface area (Å²) in [6.07, 6.45) is 1.17. The molecular weight excluding hydrogens is 356 g/mol. The Kier molecular flexibility index (Phi) is 3.98. The summed E-state index contributed by atoms with van der Waals surface area (Å²) < 4.78 is 40.1. The lowest BCUT2D eigenvalue weighted by Gasteiger charge is -2.29. The number of allylic oxidation sites excluding steroid dienone is 1. The molecule has 0 spiro atoms. The Morgan fingerprint density at radius 3 is 2.74 bits per heavy atom. The molecule has 1 aliphatic heterocycles. The van der Waals surface area contributed by atoms with Gasteiger partial charge in [-0.1, -0.05) is 0 Å². The van der Waals surface area contributed by atoms with Crippen LogP contribution in [0.15, 0.2) is 46.2 Å². The zero-order chi connectivity index (χ0) is 19.3. The van der Waals surface area contributed by atoms with Crippen LogP contribution in [0.2, 0.25) is 0 Å². The third-order valence-corrected chi connectivity index (χ3v) is 4.34. The van der Waals surface area contributed by atoms with Crippen LogP contribution in [0.4, 0.5) is 14.7 Å². The second-order valence-electron chi connectivity index (χ2n) is 6.60. The van der Waals surface area contributed by atoms with E-state index in [0.717, 1.165) is 12.1 Å². The van der Waals surface area contributed by atoms with E-state index < -0.39 is 23.6 Å². The molecule has 0 fully saturated rings. The first kappa shape index (κ1) is 17.3. The first-order chi connectivity index (χ1) is 12.9. The third-order valence-electron chi connectivity index (χ3n) is 4.34. The van der Waals surface area contributed by atoms with Gasteiger partial charge in [0.25, 0.3) is 0 Å². The number of furan rings is 1. The number of hydrogen-bond donors (Lipinski definition) is 1. The molecule has 0 saturated heterocycles. The van der Waals surface area contributed by atoms with Gasteiger partial charge in [0.2, 0.25) is 5.95 Å². The zero-order valence-electron chi connectivity index (χ0n) is 14.9. The maximum atomic E-state index is 13.9. The molecule has 0 radical (unpaired) electrons. The van der Waals surface area contributed by atoms with Crippen molar-refractivity contribution in [1.82, 2.24) is 9.55 Å². The van der Waals surface area contributed by atoms with Gasteiger partial charge in [-0.05, 0) is 32.9 Å². The highest BCUT2D eigenvalue weighted by molar-refractivity contribution is 5.94. The number of rotatable bonds is 3. The van der Waals surface area contributed by atoms with E-state index in [9.17, 15) is 13.6 Å². The number of carbonyl (C=O) groups is 1. The number of hydrogen-bond acceptors (Lipinski definition) is 5. The summed E-state index contributed by atoms with van der Waals surface area (Å²) in [6.45, 7) is 5.22. The minimum absolute atomic E-state index is 0.263. The summed E-state index contributed by atoms with van der Waals surface area (Å²) in [5, 5.41) is 3.03. The van der Waals surface area contributed by atoms with Crippen LogP contribution >= 0.6 is 0 Å². The number of ether oxygens (including phenoxy) is 1. The van der Waals surface area contributed by atoms with Crippen molar-refractivity contribution in [1.29, 1.82) is 0 Å². The van der Waals surface area contributed by atoms with E-state index in [2.05, 4.69) is 10.3 Å². The quantitative estimate of drug-likeness (QED) is 0.699. The van der Waals surface area contributed by atoms with Crippen molar-refractivity contribution < 1.29 is 22.7 Å². The van der Waals surface area contributed by atoms with Crippen LogP contribution < -0.4 is 5.32 Å². The monoisotopic (exact) mass is 373 g/mol. The second-order valence-corrected chi connectivity index (χ2v) is 6.60. The fraction of sp³-hybridized carbons (Fsp3) is 0.263. The van der Waals surface area contributed by atoms with Crippen LogP contribution in [0.1, 0.15) is 32.6 Å². The molecule has 1 unspecified atom stereocenters. The molecule has 1 N–H and O–H groups in total. The lowest BCUT2D eigenvalue weighted by atomic mass is 10.00. The topological polar surface area (TPSA) is 69.3 Å². The number of anilines is 1. The van der Waals surface area contributed by atoms with Gasteiger partial charge in [0.1, 0.15) is 11.8 Å². The summed E-state index contributed by atoms with van der Waals surface area (Å²) in [5.74, 6) is -1.70. The van der Waals surface area contributed by atoms with E-state index in [1.807, 2.05) is 0 Å². The summed E-state index contributed by atoms with van der Waals surface area (Å²) in [4.78, 5) is 17.1. The molecule has 27 heavy (non-hydrogen) atoms. The molecule has 1 atom stereocenters. The van der Waals surface area contributed by atoms with Crippen molar-refractivity contribution in [2.75, 3.05) is 5.32 Å². The van der Waals surface area contributed by atoms with E-state index >= 15 is 0 Å². The minimum Gasteiger partial charge on any atom is -0.467 e. The van der Waals surface area contributed by atoms with Gasteiger partial charge in [-0.15, -0.1) is 0 Å². The van der Waals surface area contributed by atoms with Crippen molar-refractivity contribution in [3.8, 4) is 0 Å². The second kappa shape index (κ2) is 6.22. The Morgan fingerprint density at radius 2 is 2.07 bits per heavy atom. The Balaban J connectivity index is 1.96. The first-order valence-electron chi connectivity index (χ1n) is 8.46. The molecule has 0 bridgehead atoms. The predicted octanol–water partition coefficient (Wildman–Crippen LogP) is 4.15. The molecule has 3 heterocycles. The van der Waals surface area contributed by atoms with Crippen LogP contribution in [0.3, 0.4) is 0 Å². The van der Waals surface area contributed by atoms with Crippen molar-refractivity contribution in [2.24, 2.45) is 0 Å². The molecule has 4 rings (SSSR count). The minimum atomic E-state index is -0.999. The van der Waals surface area contributed by atoms with Crippen LogP contribution in [-0.4, -0.2) is 21.6 Å². The van der Waals surface area contributed by atoms with Crippen molar-refractivity contribution in [2.45, 2.75) is 32.9 Å². The number of esters is 1. The van der Waals surface area contributed by atoms with Crippen molar-refractivity contribution in [3.63, 3.8) is 0 Å². The molecule has 3 aromatic rings. The number of fused-ring (bicyclic) bond motifs is 3. The summed E-state index contributed by atoms with van der Waals surface area (Å²) >= 11 is 0. The van der Waals surface area contributed by atoms with Crippen molar-refractivity contribution in [3.05, 3.63) is 59.2 Å². The average molecular weight is 373 g/mol. The van der Waals surface area contributed by atoms with Crippen LogP contribution in [-0.2, 0) is 9.53 Å². The molecule has 0 amide bonds. The highest BCUT2D eigenvalue weighted by Crippen LogP contribution is 2.40. The predicted molar refractivity (Wildman–Crippen MR) is 94.0 cm³/mol. The highest BCUT2D eigenvalue weighted by atomic mass is 19.2. The summed E-state index contributed by atoms with van der Waals surface area (Å²) in [7, 11) is 0. The molecule has 1 aromatic carbocycles. The third kappa shape index (κ3) is 2.77. The van der Waals surface area contributed by atoms with E-state index in [-0.39, 0.29) is 11.6 Å². The molecule has 140 valence electrons. The molecule has 8 heteroatoms. The largest absolute Gasteiger partial charge is 0.467 e. The number of imidazole rings is 1. The molecule has 0 saturated carbocycles. The van der Waals surface area contributed by atoms with Crippen LogP contribution in [0.25, 0.3) is 11.0 Å². The van der Waals surface area contributed by atoms with Gasteiger partial charge in [0.05, 0.1) is 29.0 Å². The number of benzene rings is 1. The maximum Gasteiger partial charge on any atom is 0.338 e. The van der Waals surface area contributed by atoms with Gasteiger partial charge in [-0.3, -0.25) is 4.57 Å². The average Bonchev–Trinajstić information content (AvgIpc) is 3.21. The molecular formula is C19H17F2N3O3. The van der Waals surface area contributed by atoms with Crippen LogP contribution in [0.5, 0.6) is 0 Å². The molecule has 1 aliphatic rings. The number of nitrogens with one attached hydrogen (secondary N) is 1. The normalized spacial score (nSPS) is 16.6. The SMILES string of the molecule is CC1=C(C(=O)OC(C)C)C(c2ccco2)n2c(nc3cc(F)c(F)cc32)N1. The fourth-order valence-electron chi connectivity index (χ4n) is 3.27. The Hall–Kier alpha value is -3.16.